The zero-order valence-electron chi connectivity index (χ0n) is 22.8. The third-order valence-corrected chi connectivity index (χ3v) is 6.06. The number of methoxy groups -OCH3 is 1. The molecule has 0 saturated carbocycles. The smallest absolute Gasteiger partial charge is 0.343 e. The van der Waals surface area contributed by atoms with Crippen LogP contribution in [0, 0.1) is 0 Å². The average Bonchev–Trinajstić information content (AvgIpc) is 2.98. The lowest BCUT2D eigenvalue weighted by atomic mass is 10.1. The van der Waals surface area contributed by atoms with E-state index in [1.165, 1.54) is 13.3 Å². The summed E-state index contributed by atoms with van der Waals surface area (Å²) < 4.78 is 22.5. The molecule has 0 aliphatic heterocycles. The lowest BCUT2D eigenvalue weighted by Crippen LogP contribution is -2.33. The van der Waals surface area contributed by atoms with Gasteiger partial charge in [-0.25, -0.2) is 10.2 Å². The van der Waals surface area contributed by atoms with E-state index in [9.17, 15) is 9.59 Å². The molecule has 206 valence electrons. The van der Waals surface area contributed by atoms with E-state index in [2.05, 4.69) is 17.5 Å². The molecule has 0 unspecified atom stereocenters. The third kappa shape index (κ3) is 7.38. The molecule has 4 aromatic carbocycles. The Kier molecular flexibility index (Phi) is 9.72. The Hall–Kier alpha value is -4.85. The van der Waals surface area contributed by atoms with E-state index in [1.54, 1.807) is 49.4 Å². The molecule has 0 fully saturated rings. The van der Waals surface area contributed by atoms with E-state index in [0.717, 1.165) is 23.6 Å². The second kappa shape index (κ2) is 13.8. The molecule has 0 saturated heterocycles. The quantitative estimate of drug-likeness (QED) is 0.0760. The second-order valence-electron chi connectivity index (χ2n) is 9.00. The first-order chi connectivity index (χ1) is 19.5. The first-order valence-corrected chi connectivity index (χ1v) is 13.1. The summed E-state index contributed by atoms with van der Waals surface area (Å²) in [7, 11) is 1.48. The minimum absolute atomic E-state index is 0.258. The fourth-order valence-electron chi connectivity index (χ4n) is 3.83. The summed E-state index contributed by atoms with van der Waals surface area (Å²) >= 11 is 0. The van der Waals surface area contributed by atoms with Crippen LogP contribution in [0.25, 0.3) is 10.8 Å². The fourth-order valence-corrected chi connectivity index (χ4v) is 3.83. The van der Waals surface area contributed by atoms with Crippen LogP contribution >= 0.6 is 0 Å². The van der Waals surface area contributed by atoms with Crippen molar-refractivity contribution in [1.29, 1.82) is 0 Å². The van der Waals surface area contributed by atoms with Gasteiger partial charge in [0.15, 0.2) is 17.6 Å². The highest BCUT2D eigenvalue weighted by molar-refractivity contribution is 5.92. The van der Waals surface area contributed by atoms with Crippen LogP contribution in [-0.4, -0.2) is 37.9 Å². The van der Waals surface area contributed by atoms with Crippen LogP contribution in [0.1, 0.15) is 42.6 Å². The monoisotopic (exact) mass is 540 g/mol. The number of amides is 1. The van der Waals surface area contributed by atoms with Gasteiger partial charge in [-0.1, -0.05) is 49.7 Å². The summed E-state index contributed by atoms with van der Waals surface area (Å²) in [6, 6.07) is 25.3. The van der Waals surface area contributed by atoms with Crippen LogP contribution in [0.3, 0.4) is 0 Å². The van der Waals surface area contributed by atoms with E-state index >= 15 is 0 Å². The van der Waals surface area contributed by atoms with Crippen molar-refractivity contribution in [2.24, 2.45) is 5.10 Å². The van der Waals surface area contributed by atoms with Gasteiger partial charge in [-0.3, -0.25) is 4.79 Å². The van der Waals surface area contributed by atoms with E-state index in [-0.39, 0.29) is 5.75 Å². The first-order valence-electron chi connectivity index (χ1n) is 13.1. The van der Waals surface area contributed by atoms with Crippen molar-refractivity contribution >= 4 is 28.9 Å². The molecule has 0 aliphatic rings. The summed E-state index contributed by atoms with van der Waals surface area (Å²) in [4.78, 5) is 25.2. The van der Waals surface area contributed by atoms with Crippen LogP contribution in [0.15, 0.2) is 90.0 Å². The van der Waals surface area contributed by atoms with Crippen molar-refractivity contribution in [3.63, 3.8) is 0 Å². The molecule has 8 heteroatoms. The maximum Gasteiger partial charge on any atom is 0.343 e. The fraction of sp³-hybridized carbons (Fsp3) is 0.219. The lowest BCUT2D eigenvalue weighted by molar-refractivity contribution is -0.127. The van der Waals surface area contributed by atoms with E-state index in [0.29, 0.717) is 35.0 Å². The van der Waals surface area contributed by atoms with Gasteiger partial charge in [-0.15, -0.1) is 0 Å². The zero-order valence-corrected chi connectivity index (χ0v) is 22.8. The van der Waals surface area contributed by atoms with Gasteiger partial charge in [0.25, 0.3) is 5.91 Å². The summed E-state index contributed by atoms with van der Waals surface area (Å²) in [5.41, 5.74) is 3.51. The number of benzene rings is 4. The topological polar surface area (TPSA) is 95.5 Å². The molecule has 1 N–H and O–H groups in total. The molecule has 0 bridgehead atoms. The maximum absolute atomic E-state index is 12.6. The van der Waals surface area contributed by atoms with E-state index in [1.807, 2.05) is 42.5 Å². The van der Waals surface area contributed by atoms with Crippen LogP contribution in [-0.2, 0) is 4.79 Å². The normalized spacial score (nSPS) is 11.7. The second-order valence-corrected chi connectivity index (χ2v) is 9.00. The molecule has 0 spiro atoms. The Morgan fingerprint density at radius 1 is 0.925 bits per heavy atom. The highest BCUT2D eigenvalue weighted by Gasteiger charge is 2.16. The molecule has 8 nitrogen and oxygen atoms in total. The predicted octanol–water partition coefficient (Wildman–Crippen LogP) is 6.16. The molecule has 40 heavy (non-hydrogen) atoms. The van der Waals surface area contributed by atoms with E-state index < -0.39 is 18.0 Å². The van der Waals surface area contributed by atoms with Gasteiger partial charge in [-0.05, 0) is 72.8 Å². The van der Waals surface area contributed by atoms with Crippen molar-refractivity contribution in [3.8, 4) is 23.0 Å². The van der Waals surface area contributed by atoms with Gasteiger partial charge in [0, 0.05) is 5.39 Å². The number of carbonyl (C=O) groups excluding carboxylic acids is 2. The Morgan fingerprint density at radius 3 is 2.48 bits per heavy atom. The molecule has 4 rings (SSSR count). The third-order valence-electron chi connectivity index (χ3n) is 6.06. The largest absolute Gasteiger partial charge is 0.494 e. The van der Waals surface area contributed by atoms with Gasteiger partial charge < -0.3 is 18.9 Å². The maximum atomic E-state index is 12.6. The van der Waals surface area contributed by atoms with Crippen molar-refractivity contribution in [1.82, 2.24) is 5.43 Å². The predicted molar refractivity (Wildman–Crippen MR) is 155 cm³/mol. The van der Waals surface area contributed by atoms with Gasteiger partial charge in [-0.2, -0.15) is 5.10 Å². The Morgan fingerprint density at radius 2 is 1.70 bits per heavy atom. The summed E-state index contributed by atoms with van der Waals surface area (Å²) in [5.74, 6) is 1.00. The highest BCUT2D eigenvalue weighted by atomic mass is 16.6. The number of ether oxygens (including phenoxy) is 4. The SMILES string of the molecule is CCCCOc1ccc(C(=O)Oc2ccc(/C=N\NC(=O)[C@H](C)Oc3cccc4ccccc34)cc2OC)cc1. The minimum atomic E-state index is -0.767. The van der Waals surface area contributed by atoms with Crippen molar-refractivity contribution in [3.05, 3.63) is 96.1 Å². The number of esters is 1. The van der Waals surface area contributed by atoms with Gasteiger partial charge in [0.1, 0.15) is 11.5 Å². The van der Waals surface area contributed by atoms with E-state index in [4.69, 9.17) is 18.9 Å². The molecule has 0 aliphatic carbocycles. The number of hydrogen-bond donors (Lipinski definition) is 1. The molecule has 0 heterocycles. The van der Waals surface area contributed by atoms with Crippen molar-refractivity contribution < 1.29 is 28.5 Å². The van der Waals surface area contributed by atoms with Gasteiger partial charge in [0.2, 0.25) is 0 Å². The minimum Gasteiger partial charge on any atom is -0.494 e. The summed E-state index contributed by atoms with van der Waals surface area (Å²) in [6.07, 6.45) is 2.72. The standard InChI is InChI=1S/C32H32N2O6/c1-4-5-19-38-26-16-14-25(15-17-26)32(36)40-29-18-13-23(20-30(29)37-3)21-33-34-31(35)22(2)39-28-12-8-10-24-9-6-7-11-27(24)28/h6-18,20-22H,4-5,19H2,1-3H3,(H,34,35)/b33-21-/t22-/m0/s1. The molecular weight excluding hydrogens is 508 g/mol. The molecule has 0 radical (unpaired) electrons. The van der Waals surface area contributed by atoms with Gasteiger partial charge in [0.05, 0.1) is 25.5 Å². The molecule has 1 amide bonds. The average molecular weight is 541 g/mol. The van der Waals surface area contributed by atoms with Crippen LogP contribution < -0.4 is 24.4 Å². The number of unbranched alkanes of at least 4 members (excludes halogenated alkanes) is 1. The van der Waals surface area contributed by atoms with Crippen LogP contribution in [0.4, 0.5) is 0 Å². The molecular formula is C32H32N2O6. The Balaban J connectivity index is 1.33. The number of hydrazone groups is 1. The van der Waals surface area contributed by atoms with Crippen LogP contribution in [0.2, 0.25) is 0 Å². The number of hydrogen-bond acceptors (Lipinski definition) is 7. The molecule has 4 aromatic rings. The lowest BCUT2D eigenvalue weighted by Gasteiger charge is -2.14. The zero-order chi connectivity index (χ0) is 28.3. The number of nitrogens with one attached hydrogen (secondary N) is 1. The number of carbonyl (C=O) groups is 2. The van der Waals surface area contributed by atoms with Crippen LogP contribution in [0.5, 0.6) is 23.0 Å². The number of nitrogens with zero attached hydrogens (tertiary/aromatic N) is 1. The van der Waals surface area contributed by atoms with Crippen molar-refractivity contribution in [2.75, 3.05) is 13.7 Å². The Bertz CT molecular complexity index is 1480. The highest BCUT2D eigenvalue weighted by Crippen LogP contribution is 2.29. The number of fused-ring (bicyclic) bond motifs is 1. The van der Waals surface area contributed by atoms with Crippen molar-refractivity contribution in [2.45, 2.75) is 32.8 Å². The molecule has 1 atom stereocenters. The summed E-state index contributed by atoms with van der Waals surface area (Å²) in [6.45, 7) is 4.39. The van der Waals surface area contributed by atoms with Gasteiger partial charge >= 0.3 is 5.97 Å². The molecule has 0 aromatic heterocycles. The first kappa shape index (κ1) is 28.2. The number of rotatable bonds is 12. The Labute approximate surface area is 233 Å². The summed E-state index contributed by atoms with van der Waals surface area (Å²) in [5, 5.41) is 5.99.